The van der Waals surface area contributed by atoms with Gasteiger partial charge in [-0.15, -0.1) is 0 Å². The van der Waals surface area contributed by atoms with Crippen LogP contribution in [-0.4, -0.2) is 36.1 Å². The highest BCUT2D eigenvalue weighted by atomic mass is 32.1. The molecule has 0 saturated heterocycles. The number of hydrogen-bond donors (Lipinski definition) is 3. The van der Waals surface area contributed by atoms with Crippen LogP contribution in [0.4, 0.5) is 5.95 Å². The summed E-state index contributed by atoms with van der Waals surface area (Å²) in [6.07, 6.45) is 3.28. The third-order valence-corrected chi connectivity index (χ3v) is 2.69. The standard InChI is InChI=1S/C10H12N6O2S/c1-2-3-16-8(18)6(7(17)14-10(16)19)4-11-9-12-5-13-15-9/h4-5,18H,2-3H2,1H3,(H,12,13,15)(H,14,17,19). The van der Waals surface area contributed by atoms with Crippen LogP contribution < -0.4 is 5.56 Å². The zero-order valence-electron chi connectivity index (χ0n) is 10.1. The lowest BCUT2D eigenvalue weighted by Crippen LogP contribution is -2.18. The summed E-state index contributed by atoms with van der Waals surface area (Å²) < 4.78 is 1.62. The second kappa shape index (κ2) is 5.57. The predicted molar refractivity (Wildman–Crippen MR) is 71.5 cm³/mol. The van der Waals surface area contributed by atoms with Gasteiger partial charge in [0, 0.05) is 12.8 Å². The van der Waals surface area contributed by atoms with E-state index in [9.17, 15) is 9.90 Å². The number of aromatic nitrogens is 5. The summed E-state index contributed by atoms with van der Waals surface area (Å²) in [5.41, 5.74) is -0.475. The second-order valence-corrected chi connectivity index (χ2v) is 4.10. The molecule has 0 aliphatic rings. The average molecular weight is 280 g/mol. The fourth-order valence-electron chi connectivity index (χ4n) is 1.51. The van der Waals surface area contributed by atoms with Crippen molar-refractivity contribution in [2.24, 2.45) is 4.99 Å². The maximum atomic E-state index is 11.7. The van der Waals surface area contributed by atoms with E-state index in [1.54, 1.807) is 0 Å². The maximum absolute atomic E-state index is 11.7. The highest BCUT2D eigenvalue weighted by Gasteiger charge is 2.10. The van der Waals surface area contributed by atoms with Gasteiger partial charge < -0.3 is 5.11 Å². The van der Waals surface area contributed by atoms with E-state index in [1.165, 1.54) is 17.1 Å². The van der Waals surface area contributed by atoms with Crippen molar-refractivity contribution in [2.75, 3.05) is 0 Å². The first-order valence-corrected chi connectivity index (χ1v) is 5.99. The van der Waals surface area contributed by atoms with Gasteiger partial charge in [0.25, 0.3) is 5.56 Å². The van der Waals surface area contributed by atoms with Crippen molar-refractivity contribution in [1.82, 2.24) is 24.7 Å². The van der Waals surface area contributed by atoms with Crippen molar-refractivity contribution >= 4 is 24.4 Å². The lowest BCUT2D eigenvalue weighted by Gasteiger charge is -2.09. The van der Waals surface area contributed by atoms with Crippen LogP contribution in [-0.2, 0) is 6.54 Å². The first kappa shape index (κ1) is 13.1. The van der Waals surface area contributed by atoms with Crippen LogP contribution in [0.3, 0.4) is 0 Å². The molecule has 2 aromatic heterocycles. The molecular formula is C10H12N6O2S. The molecule has 0 atom stereocenters. The van der Waals surface area contributed by atoms with Crippen LogP contribution in [0.2, 0.25) is 0 Å². The van der Waals surface area contributed by atoms with Crippen LogP contribution >= 0.6 is 12.2 Å². The zero-order chi connectivity index (χ0) is 13.8. The summed E-state index contributed by atoms with van der Waals surface area (Å²) in [4.78, 5) is 21.9. The molecule has 3 N–H and O–H groups in total. The smallest absolute Gasteiger partial charge is 0.264 e. The van der Waals surface area contributed by atoms with E-state index in [1.807, 2.05) is 6.92 Å². The molecular weight excluding hydrogens is 268 g/mol. The van der Waals surface area contributed by atoms with E-state index in [0.29, 0.717) is 6.54 Å². The summed E-state index contributed by atoms with van der Waals surface area (Å²) >= 11 is 4.99. The molecule has 0 aliphatic heterocycles. The Morgan fingerprint density at radius 2 is 2.42 bits per heavy atom. The lowest BCUT2D eigenvalue weighted by atomic mass is 10.3. The average Bonchev–Trinajstić information content (AvgIpc) is 2.87. The van der Waals surface area contributed by atoms with Crippen LogP contribution in [0.5, 0.6) is 5.88 Å². The van der Waals surface area contributed by atoms with Gasteiger partial charge in [0.05, 0.1) is 0 Å². The van der Waals surface area contributed by atoms with Gasteiger partial charge in [-0.25, -0.2) is 10.1 Å². The highest BCUT2D eigenvalue weighted by Crippen LogP contribution is 2.12. The molecule has 8 nitrogen and oxygen atoms in total. The molecule has 19 heavy (non-hydrogen) atoms. The summed E-state index contributed by atoms with van der Waals surface area (Å²) in [6, 6.07) is 0. The monoisotopic (exact) mass is 280 g/mol. The second-order valence-electron chi connectivity index (χ2n) is 3.72. The molecule has 0 unspecified atom stereocenters. The molecule has 2 aromatic rings. The van der Waals surface area contributed by atoms with Crippen LogP contribution in [0, 0.1) is 4.77 Å². The van der Waals surface area contributed by atoms with Crippen molar-refractivity contribution in [1.29, 1.82) is 0 Å². The maximum Gasteiger partial charge on any atom is 0.264 e. The molecule has 100 valence electrons. The molecule has 2 rings (SSSR count). The zero-order valence-corrected chi connectivity index (χ0v) is 10.9. The van der Waals surface area contributed by atoms with Gasteiger partial charge in [-0.2, -0.15) is 10.1 Å². The Hall–Kier alpha value is -2.29. The summed E-state index contributed by atoms with van der Waals surface area (Å²) in [7, 11) is 0. The van der Waals surface area contributed by atoms with Gasteiger partial charge in [0.15, 0.2) is 4.77 Å². The number of nitrogens with one attached hydrogen (secondary N) is 2. The van der Waals surface area contributed by atoms with Crippen LogP contribution in [0.1, 0.15) is 18.9 Å². The number of aromatic hydroxyl groups is 1. The van der Waals surface area contributed by atoms with Gasteiger partial charge in [-0.1, -0.05) is 6.92 Å². The van der Waals surface area contributed by atoms with Gasteiger partial charge in [-0.05, 0) is 18.6 Å². The molecule has 0 amide bonds. The Balaban J connectivity index is 2.48. The lowest BCUT2D eigenvalue weighted by molar-refractivity contribution is 0.402. The van der Waals surface area contributed by atoms with Gasteiger partial charge in [0.1, 0.15) is 11.9 Å². The topological polar surface area (TPSA) is 112 Å². The van der Waals surface area contributed by atoms with Crippen LogP contribution in [0.15, 0.2) is 16.1 Å². The Bertz CT molecular complexity index is 700. The van der Waals surface area contributed by atoms with Crippen molar-refractivity contribution in [3.8, 4) is 5.88 Å². The summed E-state index contributed by atoms with van der Waals surface area (Å²) in [5, 5.41) is 16.2. The van der Waals surface area contributed by atoms with E-state index < -0.39 is 5.56 Å². The van der Waals surface area contributed by atoms with Gasteiger partial charge in [-0.3, -0.25) is 14.3 Å². The molecule has 0 aromatic carbocycles. The van der Waals surface area contributed by atoms with Crippen molar-refractivity contribution in [3.05, 3.63) is 27.0 Å². The number of aromatic amines is 2. The minimum absolute atomic E-state index is 0.0263. The number of aliphatic imine (C=N–C) groups is 1. The first-order valence-electron chi connectivity index (χ1n) is 5.59. The Morgan fingerprint density at radius 3 is 3.05 bits per heavy atom. The first-order chi connectivity index (χ1) is 9.13. The quantitative estimate of drug-likeness (QED) is 0.568. The van der Waals surface area contributed by atoms with Crippen molar-refractivity contribution in [2.45, 2.75) is 19.9 Å². The largest absolute Gasteiger partial charge is 0.494 e. The molecule has 0 bridgehead atoms. The highest BCUT2D eigenvalue weighted by molar-refractivity contribution is 7.71. The summed E-state index contributed by atoms with van der Waals surface area (Å²) in [5.74, 6) is 0.0298. The summed E-state index contributed by atoms with van der Waals surface area (Å²) in [6.45, 7) is 2.44. The van der Waals surface area contributed by atoms with E-state index >= 15 is 0 Å². The molecule has 9 heteroatoms. The fraction of sp³-hybridized carbons (Fsp3) is 0.300. The Morgan fingerprint density at radius 1 is 1.63 bits per heavy atom. The van der Waals surface area contributed by atoms with E-state index in [2.05, 4.69) is 25.2 Å². The van der Waals surface area contributed by atoms with E-state index in [-0.39, 0.29) is 22.2 Å². The fourth-order valence-corrected chi connectivity index (χ4v) is 1.78. The number of hydrogen-bond acceptors (Lipinski definition) is 6. The normalized spacial score (nSPS) is 11.2. The minimum Gasteiger partial charge on any atom is -0.494 e. The Kier molecular flexibility index (Phi) is 3.85. The number of H-pyrrole nitrogens is 2. The molecule has 0 spiro atoms. The third-order valence-electron chi connectivity index (χ3n) is 2.37. The van der Waals surface area contributed by atoms with Gasteiger partial charge >= 0.3 is 0 Å². The number of rotatable bonds is 4. The predicted octanol–water partition coefficient (Wildman–Crippen LogP) is 0.890. The minimum atomic E-state index is -0.502. The van der Waals surface area contributed by atoms with E-state index in [0.717, 1.165) is 6.42 Å². The molecule has 0 saturated carbocycles. The Labute approximate surface area is 112 Å². The number of nitrogens with zero attached hydrogens (tertiary/aromatic N) is 4. The third kappa shape index (κ3) is 2.76. The molecule has 0 radical (unpaired) electrons. The van der Waals surface area contributed by atoms with E-state index in [4.69, 9.17) is 12.2 Å². The van der Waals surface area contributed by atoms with Crippen molar-refractivity contribution < 1.29 is 5.11 Å². The molecule has 2 heterocycles. The SMILES string of the molecule is CCCn1c(O)c(C=Nc2ncn[nH]2)c(=O)[nH]c1=S. The molecule has 0 fully saturated rings. The van der Waals surface area contributed by atoms with Crippen LogP contribution in [0.25, 0.3) is 0 Å². The van der Waals surface area contributed by atoms with Gasteiger partial charge in [0.2, 0.25) is 11.8 Å². The molecule has 0 aliphatic carbocycles. The van der Waals surface area contributed by atoms with Crippen molar-refractivity contribution in [3.63, 3.8) is 0 Å².